The highest BCUT2D eigenvalue weighted by Gasteiger charge is 2.17. The van der Waals surface area contributed by atoms with E-state index in [4.69, 9.17) is 12.2 Å². The molecule has 4 aromatic rings. The Labute approximate surface area is 183 Å². The molecule has 0 saturated carbocycles. The van der Waals surface area contributed by atoms with Crippen LogP contribution in [0.3, 0.4) is 0 Å². The number of fused-ring (bicyclic) bond motifs is 1. The van der Waals surface area contributed by atoms with Gasteiger partial charge in [-0.1, -0.05) is 48.5 Å². The highest BCUT2D eigenvalue weighted by molar-refractivity contribution is 7.71. The zero-order chi connectivity index (χ0) is 21.8. The van der Waals surface area contributed by atoms with Crippen molar-refractivity contribution in [2.45, 2.75) is 26.4 Å². The van der Waals surface area contributed by atoms with Crippen LogP contribution in [-0.2, 0) is 19.5 Å². The average molecular weight is 435 g/mol. The molecule has 0 radical (unpaired) electrons. The fourth-order valence-electron chi connectivity index (χ4n) is 3.51. The Morgan fingerprint density at radius 1 is 1.10 bits per heavy atom. The van der Waals surface area contributed by atoms with Crippen molar-refractivity contribution < 1.29 is 4.79 Å². The zero-order valence-corrected chi connectivity index (χ0v) is 17.9. The molecule has 0 aliphatic carbocycles. The van der Waals surface area contributed by atoms with Gasteiger partial charge in [0.2, 0.25) is 0 Å². The topological polar surface area (TPSA) is 97.6 Å². The van der Waals surface area contributed by atoms with Crippen molar-refractivity contribution >= 4 is 28.9 Å². The van der Waals surface area contributed by atoms with Gasteiger partial charge in [0.05, 0.1) is 11.9 Å². The van der Waals surface area contributed by atoms with Crippen molar-refractivity contribution in [2.75, 3.05) is 6.54 Å². The van der Waals surface area contributed by atoms with E-state index < -0.39 is 0 Å². The van der Waals surface area contributed by atoms with Gasteiger partial charge in [0.1, 0.15) is 5.82 Å². The number of hydrogen-bond acceptors (Lipinski definition) is 5. The molecule has 0 spiro atoms. The van der Waals surface area contributed by atoms with Crippen LogP contribution < -0.4 is 10.9 Å². The summed E-state index contributed by atoms with van der Waals surface area (Å²) in [6, 6.07) is 16.6. The molecule has 158 valence electrons. The van der Waals surface area contributed by atoms with Crippen LogP contribution in [0.1, 0.15) is 28.8 Å². The van der Waals surface area contributed by atoms with E-state index in [0.717, 1.165) is 11.4 Å². The maximum Gasteiger partial charge on any atom is 0.274 e. The van der Waals surface area contributed by atoms with Gasteiger partial charge >= 0.3 is 0 Å². The molecule has 31 heavy (non-hydrogen) atoms. The predicted octanol–water partition coefficient (Wildman–Crippen LogP) is 2.69. The van der Waals surface area contributed by atoms with Gasteiger partial charge in [-0.15, -0.1) is 0 Å². The molecule has 0 bridgehead atoms. The van der Waals surface area contributed by atoms with E-state index in [0.29, 0.717) is 35.1 Å². The average Bonchev–Trinajstić information content (AvgIpc) is 3.15. The molecular weight excluding hydrogens is 412 g/mol. The highest BCUT2D eigenvalue weighted by atomic mass is 32.1. The van der Waals surface area contributed by atoms with Gasteiger partial charge in [-0.05, 0) is 30.8 Å². The van der Waals surface area contributed by atoms with Crippen molar-refractivity contribution in [1.29, 1.82) is 0 Å². The molecule has 2 N–H and O–H groups in total. The van der Waals surface area contributed by atoms with E-state index in [1.807, 2.05) is 41.8 Å². The number of carbonyl (C=O) groups is 1. The third-order valence-electron chi connectivity index (χ3n) is 5.05. The van der Waals surface area contributed by atoms with Gasteiger partial charge in [-0.3, -0.25) is 14.7 Å². The molecule has 0 atom stereocenters. The summed E-state index contributed by atoms with van der Waals surface area (Å²) in [6.45, 7) is 3.34. The van der Waals surface area contributed by atoms with Crippen LogP contribution in [0.5, 0.6) is 0 Å². The summed E-state index contributed by atoms with van der Waals surface area (Å²) in [5.41, 5.74) is 0.927. The lowest BCUT2D eigenvalue weighted by Crippen LogP contribution is -2.32. The first-order valence-corrected chi connectivity index (χ1v) is 10.5. The first-order valence-electron chi connectivity index (χ1n) is 10.0. The minimum absolute atomic E-state index is 0.223. The van der Waals surface area contributed by atoms with E-state index >= 15 is 0 Å². The Morgan fingerprint density at radius 2 is 1.81 bits per heavy atom. The lowest BCUT2D eigenvalue weighted by atomic mass is 10.1. The zero-order valence-electron chi connectivity index (χ0n) is 17.0. The van der Waals surface area contributed by atoms with Crippen LogP contribution in [0.4, 0.5) is 0 Å². The second kappa shape index (κ2) is 9.05. The largest absolute Gasteiger partial charge is 0.350 e. The second-order valence-electron chi connectivity index (χ2n) is 7.04. The Morgan fingerprint density at radius 3 is 2.55 bits per heavy atom. The van der Waals surface area contributed by atoms with E-state index in [-0.39, 0.29) is 23.7 Å². The normalized spacial score (nSPS) is 11.0. The lowest BCUT2D eigenvalue weighted by Gasteiger charge is -2.11. The maximum absolute atomic E-state index is 13.0. The second-order valence-corrected chi connectivity index (χ2v) is 7.42. The molecular formula is C22H22N6O2S. The number of nitrogens with zero attached hydrogens (tertiary/aromatic N) is 4. The summed E-state index contributed by atoms with van der Waals surface area (Å²) in [6.07, 6.45) is 0.522. The Balaban J connectivity index is 1.61. The molecule has 2 aromatic heterocycles. The summed E-state index contributed by atoms with van der Waals surface area (Å²) in [4.78, 5) is 25.9. The van der Waals surface area contributed by atoms with Crippen LogP contribution in [0.2, 0.25) is 0 Å². The van der Waals surface area contributed by atoms with E-state index in [1.54, 1.807) is 24.3 Å². The van der Waals surface area contributed by atoms with Crippen molar-refractivity contribution in [3.05, 3.63) is 86.8 Å². The number of nitrogens with one attached hydrogen (secondary N) is 2. The molecule has 2 aromatic carbocycles. The number of aromatic nitrogens is 5. The summed E-state index contributed by atoms with van der Waals surface area (Å²) in [5, 5.41) is 15.3. The summed E-state index contributed by atoms with van der Waals surface area (Å²) in [7, 11) is 0. The third-order valence-corrected chi connectivity index (χ3v) is 5.36. The monoisotopic (exact) mass is 434 g/mol. The Kier molecular flexibility index (Phi) is 6.03. The van der Waals surface area contributed by atoms with Crippen LogP contribution in [0.25, 0.3) is 10.8 Å². The number of H-pyrrole nitrogens is 1. The first-order chi connectivity index (χ1) is 15.1. The SMILES string of the molecule is CCn1c(CCNC(=O)c2nn(Cc3ccccc3)c(=O)c3ccccc23)n[nH]c1=S. The smallest absolute Gasteiger partial charge is 0.274 e. The highest BCUT2D eigenvalue weighted by Crippen LogP contribution is 2.14. The van der Waals surface area contributed by atoms with Crippen LogP contribution in [0, 0.1) is 4.77 Å². The van der Waals surface area contributed by atoms with Crippen molar-refractivity contribution in [2.24, 2.45) is 0 Å². The third kappa shape index (κ3) is 4.31. The minimum atomic E-state index is -0.338. The summed E-state index contributed by atoms with van der Waals surface area (Å²) >= 11 is 5.20. The fourth-order valence-corrected chi connectivity index (χ4v) is 3.79. The number of amides is 1. The van der Waals surface area contributed by atoms with Crippen molar-refractivity contribution in [1.82, 2.24) is 29.9 Å². The number of aromatic amines is 1. The quantitative estimate of drug-likeness (QED) is 0.436. The number of hydrogen-bond donors (Lipinski definition) is 2. The van der Waals surface area contributed by atoms with Crippen LogP contribution >= 0.6 is 12.2 Å². The first kappa shape index (κ1) is 20.7. The molecule has 8 nitrogen and oxygen atoms in total. The van der Waals surface area contributed by atoms with Gasteiger partial charge in [0.25, 0.3) is 11.5 Å². The van der Waals surface area contributed by atoms with Crippen molar-refractivity contribution in [3.8, 4) is 0 Å². The van der Waals surface area contributed by atoms with Gasteiger partial charge in [0.15, 0.2) is 10.5 Å². The van der Waals surface area contributed by atoms with Crippen LogP contribution in [0.15, 0.2) is 59.4 Å². The number of benzene rings is 2. The molecule has 9 heteroatoms. The maximum atomic E-state index is 13.0. The Bertz CT molecular complexity index is 1340. The van der Waals surface area contributed by atoms with Gasteiger partial charge in [0, 0.05) is 24.9 Å². The van der Waals surface area contributed by atoms with Crippen LogP contribution in [-0.4, -0.2) is 37.0 Å². The molecule has 0 saturated heterocycles. The molecule has 2 heterocycles. The van der Waals surface area contributed by atoms with Gasteiger partial charge < -0.3 is 9.88 Å². The van der Waals surface area contributed by atoms with E-state index in [9.17, 15) is 9.59 Å². The molecule has 0 fully saturated rings. The molecule has 1 amide bonds. The van der Waals surface area contributed by atoms with E-state index in [1.165, 1.54) is 4.68 Å². The standard InChI is InChI=1S/C22H22N6O2S/c1-2-27-18(24-25-22(27)31)12-13-23-20(29)19-16-10-6-7-11-17(16)21(30)28(26-19)14-15-8-4-3-5-9-15/h3-11H,2,12-14H2,1H3,(H,23,29)(H,25,31). The molecule has 4 rings (SSSR count). The van der Waals surface area contributed by atoms with Gasteiger partial charge in [-0.2, -0.15) is 10.2 Å². The minimum Gasteiger partial charge on any atom is -0.350 e. The van der Waals surface area contributed by atoms with Gasteiger partial charge in [-0.25, -0.2) is 4.68 Å². The Hall–Kier alpha value is -3.59. The lowest BCUT2D eigenvalue weighted by molar-refractivity contribution is 0.0948. The molecule has 0 aliphatic rings. The molecule has 0 aliphatic heterocycles. The molecule has 0 unspecified atom stereocenters. The predicted molar refractivity (Wildman–Crippen MR) is 121 cm³/mol. The summed E-state index contributed by atoms with van der Waals surface area (Å²) in [5.74, 6) is 0.440. The number of carbonyl (C=O) groups excluding carboxylic acids is 1. The number of rotatable bonds is 7. The summed E-state index contributed by atoms with van der Waals surface area (Å²) < 4.78 is 3.79. The fraction of sp³-hybridized carbons (Fsp3) is 0.227. The van der Waals surface area contributed by atoms with E-state index in [2.05, 4.69) is 20.6 Å². The van der Waals surface area contributed by atoms with Crippen molar-refractivity contribution in [3.63, 3.8) is 0 Å².